The van der Waals surface area contributed by atoms with Crippen LogP contribution in [0.5, 0.6) is 0 Å². The molecule has 2 heterocycles. The van der Waals surface area contributed by atoms with Gasteiger partial charge in [-0.15, -0.1) is 0 Å². The van der Waals surface area contributed by atoms with E-state index in [-0.39, 0.29) is 0 Å². The first-order valence-corrected chi connectivity index (χ1v) is 6.91. The average molecular weight is 274 g/mol. The highest BCUT2D eigenvalue weighted by atomic mass is 15.3. The zero-order chi connectivity index (χ0) is 14.5. The zero-order valence-corrected chi connectivity index (χ0v) is 12.6. The number of hydrogen-bond acceptors (Lipinski definition) is 5. The summed E-state index contributed by atoms with van der Waals surface area (Å²) in [6, 6.07) is 2.00. The van der Waals surface area contributed by atoms with E-state index < -0.39 is 0 Å². The van der Waals surface area contributed by atoms with Gasteiger partial charge >= 0.3 is 0 Å². The molecule has 108 valence electrons. The number of anilines is 2. The van der Waals surface area contributed by atoms with E-state index in [0.29, 0.717) is 6.54 Å². The highest BCUT2D eigenvalue weighted by Crippen LogP contribution is 2.20. The van der Waals surface area contributed by atoms with Crippen LogP contribution in [0.15, 0.2) is 12.3 Å². The largest absolute Gasteiger partial charge is 0.373 e. The van der Waals surface area contributed by atoms with Gasteiger partial charge < -0.3 is 10.6 Å². The second kappa shape index (κ2) is 6.36. The summed E-state index contributed by atoms with van der Waals surface area (Å²) in [5, 5.41) is 10.8. The third kappa shape index (κ3) is 3.26. The predicted molar refractivity (Wildman–Crippen MR) is 80.8 cm³/mol. The molecule has 20 heavy (non-hydrogen) atoms. The Hall–Kier alpha value is -2.11. The van der Waals surface area contributed by atoms with Crippen molar-refractivity contribution in [3.8, 4) is 0 Å². The molecule has 0 saturated carbocycles. The smallest absolute Gasteiger partial charge is 0.135 e. The van der Waals surface area contributed by atoms with Gasteiger partial charge in [-0.1, -0.05) is 6.92 Å². The van der Waals surface area contributed by atoms with Crippen LogP contribution in [-0.4, -0.2) is 26.8 Å². The Labute approximate surface area is 119 Å². The summed E-state index contributed by atoms with van der Waals surface area (Å²) in [5.41, 5.74) is 2.02. The molecule has 0 aliphatic carbocycles. The van der Waals surface area contributed by atoms with E-state index in [0.717, 1.165) is 41.6 Å². The van der Waals surface area contributed by atoms with E-state index in [1.165, 1.54) is 0 Å². The van der Waals surface area contributed by atoms with Gasteiger partial charge in [-0.25, -0.2) is 9.97 Å². The fourth-order valence-electron chi connectivity index (χ4n) is 2.05. The molecule has 0 saturated heterocycles. The zero-order valence-electron chi connectivity index (χ0n) is 12.6. The fraction of sp³-hybridized carbons (Fsp3) is 0.500. The van der Waals surface area contributed by atoms with Crippen LogP contribution < -0.4 is 10.6 Å². The molecule has 0 fully saturated rings. The highest BCUT2D eigenvalue weighted by molar-refractivity contribution is 5.57. The van der Waals surface area contributed by atoms with E-state index in [1.807, 2.05) is 33.3 Å². The Bertz CT molecular complexity index is 575. The molecule has 0 radical (unpaired) electrons. The number of hydrogen-bond donors (Lipinski definition) is 2. The Morgan fingerprint density at radius 1 is 1.25 bits per heavy atom. The lowest BCUT2D eigenvalue weighted by Crippen LogP contribution is -2.10. The van der Waals surface area contributed by atoms with Crippen LogP contribution >= 0.6 is 0 Å². The van der Waals surface area contributed by atoms with Crippen molar-refractivity contribution in [3.63, 3.8) is 0 Å². The summed E-state index contributed by atoms with van der Waals surface area (Å²) in [4.78, 5) is 9.11. The normalized spacial score (nSPS) is 10.6. The Kier molecular flexibility index (Phi) is 4.55. The van der Waals surface area contributed by atoms with Crippen molar-refractivity contribution < 1.29 is 0 Å². The minimum absolute atomic E-state index is 0.660. The lowest BCUT2D eigenvalue weighted by Gasteiger charge is -2.13. The van der Waals surface area contributed by atoms with Gasteiger partial charge in [0.1, 0.15) is 17.5 Å². The molecule has 2 aromatic heterocycles. The van der Waals surface area contributed by atoms with Crippen molar-refractivity contribution in [2.75, 3.05) is 17.7 Å². The summed E-state index contributed by atoms with van der Waals surface area (Å²) >= 11 is 0. The maximum atomic E-state index is 4.60. The van der Waals surface area contributed by atoms with Gasteiger partial charge in [0.2, 0.25) is 0 Å². The first-order valence-electron chi connectivity index (χ1n) is 6.91. The molecule has 2 N–H and O–H groups in total. The number of nitrogens with zero attached hydrogens (tertiary/aromatic N) is 4. The van der Waals surface area contributed by atoms with Gasteiger partial charge in [-0.2, -0.15) is 5.10 Å². The molecule has 0 aliphatic heterocycles. The van der Waals surface area contributed by atoms with Gasteiger partial charge in [0, 0.05) is 32.3 Å². The van der Waals surface area contributed by atoms with E-state index in [9.17, 15) is 0 Å². The van der Waals surface area contributed by atoms with Crippen LogP contribution in [0, 0.1) is 6.92 Å². The third-order valence-corrected chi connectivity index (χ3v) is 3.11. The van der Waals surface area contributed by atoms with Gasteiger partial charge in [0.15, 0.2) is 0 Å². The summed E-state index contributed by atoms with van der Waals surface area (Å²) < 4.78 is 1.80. The maximum Gasteiger partial charge on any atom is 0.135 e. The molecule has 0 bridgehead atoms. The molecule has 0 aromatic carbocycles. The van der Waals surface area contributed by atoms with Crippen molar-refractivity contribution >= 4 is 11.6 Å². The van der Waals surface area contributed by atoms with Gasteiger partial charge in [0.25, 0.3) is 0 Å². The van der Waals surface area contributed by atoms with E-state index >= 15 is 0 Å². The summed E-state index contributed by atoms with van der Waals surface area (Å²) in [7, 11) is 3.80. The average Bonchev–Trinajstić information content (AvgIpc) is 2.85. The highest BCUT2D eigenvalue weighted by Gasteiger charge is 2.10. The summed E-state index contributed by atoms with van der Waals surface area (Å²) in [6.45, 7) is 4.80. The second-order valence-corrected chi connectivity index (χ2v) is 4.80. The van der Waals surface area contributed by atoms with Crippen LogP contribution in [0.25, 0.3) is 0 Å². The first kappa shape index (κ1) is 14.3. The summed E-state index contributed by atoms with van der Waals surface area (Å²) in [5.74, 6) is 2.62. The molecule has 0 atom stereocenters. The lowest BCUT2D eigenvalue weighted by atomic mass is 10.2. The quantitative estimate of drug-likeness (QED) is 0.844. The number of aryl methyl sites for hydroxylation is 2. The Balaban J connectivity index is 2.18. The van der Waals surface area contributed by atoms with Crippen molar-refractivity contribution in [1.29, 1.82) is 0 Å². The Morgan fingerprint density at radius 3 is 2.60 bits per heavy atom. The van der Waals surface area contributed by atoms with Crippen LogP contribution in [-0.2, 0) is 20.0 Å². The van der Waals surface area contributed by atoms with Crippen molar-refractivity contribution in [2.45, 2.75) is 33.2 Å². The van der Waals surface area contributed by atoms with E-state index in [2.05, 4.69) is 32.6 Å². The molecule has 2 rings (SSSR count). The van der Waals surface area contributed by atoms with Crippen molar-refractivity contribution in [3.05, 3.63) is 29.3 Å². The number of rotatable bonds is 6. The molecular formula is C14H22N6. The predicted octanol–water partition coefficient (Wildman–Crippen LogP) is 2.12. The monoisotopic (exact) mass is 274 g/mol. The third-order valence-electron chi connectivity index (χ3n) is 3.11. The molecule has 0 aliphatic rings. The summed E-state index contributed by atoms with van der Waals surface area (Å²) in [6.07, 6.45) is 3.85. The topological polar surface area (TPSA) is 67.7 Å². The molecular weight excluding hydrogens is 252 g/mol. The first-order chi connectivity index (χ1) is 9.63. The van der Waals surface area contributed by atoms with Gasteiger partial charge in [-0.3, -0.25) is 4.68 Å². The van der Waals surface area contributed by atoms with Crippen LogP contribution in [0.2, 0.25) is 0 Å². The molecule has 0 amide bonds. The van der Waals surface area contributed by atoms with Crippen molar-refractivity contribution in [2.24, 2.45) is 7.05 Å². The maximum absolute atomic E-state index is 4.60. The lowest BCUT2D eigenvalue weighted by molar-refractivity contribution is 0.746. The molecule has 6 nitrogen and oxygen atoms in total. The van der Waals surface area contributed by atoms with E-state index in [1.54, 1.807) is 4.68 Å². The number of aromatic nitrogens is 4. The minimum Gasteiger partial charge on any atom is -0.373 e. The van der Waals surface area contributed by atoms with Gasteiger partial charge in [-0.05, 0) is 19.4 Å². The molecule has 2 aromatic rings. The minimum atomic E-state index is 0.660. The molecule has 6 heteroatoms. The van der Waals surface area contributed by atoms with Crippen LogP contribution in [0.1, 0.15) is 30.4 Å². The second-order valence-electron chi connectivity index (χ2n) is 4.80. The number of nitrogens with one attached hydrogen (secondary N) is 2. The molecule has 0 unspecified atom stereocenters. The van der Waals surface area contributed by atoms with Crippen LogP contribution in [0.3, 0.4) is 0 Å². The van der Waals surface area contributed by atoms with E-state index in [4.69, 9.17) is 0 Å². The Morgan fingerprint density at radius 2 is 2.00 bits per heavy atom. The fourth-order valence-corrected chi connectivity index (χ4v) is 2.05. The SMILES string of the molecule is CCCc1nc(NC)c(C)c(NCc2ccn(C)n2)n1. The molecule has 0 spiro atoms. The van der Waals surface area contributed by atoms with Crippen molar-refractivity contribution in [1.82, 2.24) is 19.7 Å². The standard InChI is InChI=1S/C14H22N6/c1-5-6-12-17-13(15-3)10(2)14(18-12)16-9-11-7-8-20(4)19-11/h7-8H,5-6,9H2,1-4H3,(H2,15,16,17,18). The van der Waals surface area contributed by atoms with Gasteiger partial charge in [0.05, 0.1) is 12.2 Å². The van der Waals surface area contributed by atoms with Crippen LogP contribution in [0.4, 0.5) is 11.6 Å².